The summed E-state index contributed by atoms with van der Waals surface area (Å²) in [5.41, 5.74) is -0.675. The largest absolute Gasteiger partial charge is 0.416 e. The molecule has 2 N–H and O–H groups in total. The van der Waals surface area contributed by atoms with Crippen LogP contribution < -0.4 is 10.6 Å². The number of anilines is 2. The molecule has 7 heteroatoms. The standard InChI is InChI=1S/C14H19F3N4/c1-18-12-6-10(14(15,16)17)7-13(20-12)19-11-8-21-4-2-9(11)3-5-21/h6-7,9,11H,2-5,8H2,1H3,(H2,18,19,20). The lowest BCUT2D eigenvalue weighted by Crippen LogP contribution is -2.53. The molecule has 0 aliphatic carbocycles. The number of rotatable bonds is 3. The summed E-state index contributed by atoms with van der Waals surface area (Å²) in [5, 5.41) is 5.90. The van der Waals surface area contributed by atoms with E-state index in [1.54, 1.807) is 7.05 Å². The van der Waals surface area contributed by atoms with E-state index in [2.05, 4.69) is 20.5 Å². The van der Waals surface area contributed by atoms with Crippen molar-refractivity contribution in [2.75, 3.05) is 37.3 Å². The molecule has 0 amide bonds. The van der Waals surface area contributed by atoms with Crippen molar-refractivity contribution in [3.8, 4) is 0 Å². The summed E-state index contributed by atoms with van der Waals surface area (Å²) in [5.74, 6) is 1.06. The lowest BCUT2D eigenvalue weighted by molar-refractivity contribution is -0.137. The summed E-state index contributed by atoms with van der Waals surface area (Å²) in [4.78, 5) is 6.55. The Morgan fingerprint density at radius 2 is 1.86 bits per heavy atom. The first-order valence-corrected chi connectivity index (χ1v) is 7.21. The highest BCUT2D eigenvalue weighted by Gasteiger charge is 2.35. The van der Waals surface area contributed by atoms with Crippen LogP contribution in [0.1, 0.15) is 18.4 Å². The van der Waals surface area contributed by atoms with E-state index in [1.807, 2.05) is 0 Å². The number of nitrogens with zero attached hydrogens (tertiary/aromatic N) is 2. The van der Waals surface area contributed by atoms with E-state index in [-0.39, 0.29) is 11.9 Å². The lowest BCUT2D eigenvalue weighted by atomic mass is 9.84. The molecule has 3 aliphatic heterocycles. The Hall–Kier alpha value is -1.50. The second-order valence-corrected chi connectivity index (χ2v) is 5.76. The molecular formula is C14H19F3N4. The van der Waals surface area contributed by atoms with Crippen molar-refractivity contribution in [3.63, 3.8) is 0 Å². The van der Waals surface area contributed by atoms with E-state index in [1.165, 1.54) is 0 Å². The first-order valence-electron chi connectivity index (χ1n) is 7.21. The number of piperidine rings is 3. The number of hydrogen-bond acceptors (Lipinski definition) is 4. The summed E-state index contributed by atoms with van der Waals surface area (Å²) < 4.78 is 38.8. The molecule has 0 saturated carbocycles. The number of nitrogens with one attached hydrogen (secondary N) is 2. The van der Waals surface area contributed by atoms with E-state index in [0.29, 0.717) is 11.7 Å². The molecule has 4 rings (SSSR count). The zero-order valence-electron chi connectivity index (χ0n) is 11.9. The average Bonchev–Trinajstić information content (AvgIpc) is 2.47. The Balaban J connectivity index is 1.81. The normalized spacial score (nSPS) is 28.5. The molecule has 1 aromatic heterocycles. The third-order valence-corrected chi connectivity index (χ3v) is 4.40. The van der Waals surface area contributed by atoms with Gasteiger partial charge < -0.3 is 15.5 Å². The molecular weight excluding hydrogens is 281 g/mol. The summed E-state index contributed by atoms with van der Waals surface area (Å²) >= 11 is 0. The van der Waals surface area contributed by atoms with Gasteiger partial charge in [-0.05, 0) is 44.0 Å². The highest BCUT2D eigenvalue weighted by atomic mass is 19.4. The van der Waals surface area contributed by atoms with E-state index in [0.717, 1.165) is 44.6 Å². The minimum Gasteiger partial charge on any atom is -0.373 e. The Labute approximate surface area is 121 Å². The minimum absolute atomic E-state index is 0.188. The maximum atomic E-state index is 12.9. The van der Waals surface area contributed by atoms with Gasteiger partial charge in [0.25, 0.3) is 0 Å². The Bertz CT molecular complexity index is 509. The summed E-state index contributed by atoms with van der Waals surface area (Å²) in [7, 11) is 1.57. The van der Waals surface area contributed by atoms with Crippen LogP contribution in [-0.2, 0) is 6.18 Å². The molecule has 116 valence electrons. The van der Waals surface area contributed by atoms with Crippen molar-refractivity contribution >= 4 is 11.6 Å². The van der Waals surface area contributed by atoms with Crippen LogP contribution in [0.25, 0.3) is 0 Å². The molecule has 4 heterocycles. The van der Waals surface area contributed by atoms with E-state index < -0.39 is 11.7 Å². The molecule has 2 bridgehead atoms. The number of aromatic nitrogens is 1. The molecule has 21 heavy (non-hydrogen) atoms. The van der Waals surface area contributed by atoms with Gasteiger partial charge in [-0.15, -0.1) is 0 Å². The highest BCUT2D eigenvalue weighted by Crippen LogP contribution is 2.34. The molecule has 3 saturated heterocycles. The van der Waals surface area contributed by atoms with Crippen molar-refractivity contribution in [1.82, 2.24) is 9.88 Å². The number of fused-ring (bicyclic) bond motifs is 3. The van der Waals surface area contributed by atoms with E-state index in [9.17, 15) is 13.2 Å². The second kappa shape index (κ2) is 5.36. The smallest absolute Gasteiger partial charge is 0.373 e. The maximum absolute atomic E-state index is 12.9. The van der Waals surface area contributed by atoms with Crippen LogP contribution in [-0.4, -0.2) is 42.6 Å². The second-order valence-electron chi connectivity index (χ2n) is 5.76. The Morgan fingerprint density at radius 1 is 1.19 bits per heavy atom. The fourth-order valence-corrected chi connectivity index (χ4v) is 3.21. The molecule has 3 aliphatic rings. The predicted molar refractivity (Wildman–Crippen MR) is 75.4 cm³/mol. The molecule has 0 aromatic carbocycles. The summed E-state index contributed by atoms with van der Waals surface area (Å²) in [6, 6.07) is 2.31. The number of hydrogen-bond donors (Lipinski definition) is 2. The number of pyridine rings is 1. The third kappa shape index (κ3) is 3.07. The summed E-state index contributed by atoms with van der Waals surface area (Å²) in [6.45, 7) is 3.08. The average molecular weight is 300 g/mol. The maximum Gasteiger partial charge on any atom is 0.416 e. The Morgan fingerprint density at radius 3 is 2.38 bits per heavy atom. The first kappa shape index (κ1) is 14.4. The monoisotopic (exact) mass is 300 g/mol. The van der Waals surface area contributed by atoms with Gasteiger partial charge in [0.2, 0.25) is 0 Å². The van der Waals surface area contributed by atoms with Gasteiger partial charge in [0.05, 0.1) is 5.56 Å². The zero-order valence-corrected chi connectivity index (χ0v) is 11.9. The first-order chi connectivity index (χ1) is 9.95. The number of alkyl halides is 3. The van der Waals surface area contributed by atoms with Crippen LogP contribution in [0.3, 0.4) is 0 Å². The van der Waals surface area contributed by atoms with Gasteiger partial charge in [0, 0.05) is 19.6 Å². The predicted octanol–water partition coefficient (Wildman–Crippen LogP) is 2.65. The van der Waals surface area contributed by atoms with Gasteiger partial charge >= 0.3 is 6.18 Å². The number of halogens is 3. The van der Waals surface area contributed by atoms with Crippen LogP contribution in [0.15, 0.2) is 12.1 Å². The van der Waals surface area contributed by atoms with Crippen molar-refractivity contribution in [1.29, 1.82) is 0 Å². The van der Waals surface area contributed by atoms with Crippen LogP contribution in [0.4, 0.5) is 24.8 Å². The topological polar surface area (TPSA) is 40.2 Å². The van der Waals surface area contributed by atoms with Crippen LogP contribution in [0.5, 0.6) is 0 Å². The van der Waals surface area contributed by atoms with Gasteiger partial charge in [0.1, 0.15) is 11.6 Å². The molecule has 4 nitrogen and oxygen atoms in total. The lowest BCUT2D eigenvalue weighted by Gasteiger charge is -2.45. The van der Waals surface area contributed by atoms with E-state index in [4.69, 9.17) is 0 Å². The van der Waals surface area contributed by atoms with Crippen molar-refractivity contribution < 1.29 is 13.2 Å². The van der Waals surface area contributed by atoms with Crippen molar-refractivity contribution in [2.24, 2.45) is 5.92 Å². The SMILES string of the molecule is CNc1cc(C(F)(F)F)cc(NC2CN3CCC2CC3)n1. The van der Waals surface area contributed by atoms with Gasteiger partial charge in [-0.2, -0.15) is 13.2 Å². The van der Waals surface area contributed by atoms with Crippen LogP contribution in [0.2, 0.25) is 0 Å². The Kier molecular flexibility index (Phi) is 3.69. The van der Waals surface area contributed by atoms with E-state index >= 15 is 0 Å². The molecule has 0 spiro atoms. The molecule has 1 unspecified atom stereocenters. The zero-order chi connectivity index (χ0) is 15.0. The van der Waals surface area contributed by atoms with Crippen LogP contribution >= 0.6 is 0 Å². The highest BCUT2D eigenvalue weighted by molar-refractivity contribution is 5.50. The molecule has 0 radical (unpaired) electrons. The van der Waals surface area contributed by atoms with Gasteiger partial charge in [0.15, 0.2) is 0 Å². The fraction of sp³-hybridized carbons (Fsp3) is 0.643. The molecule has 1 atom stereocenters. The fourth-order valence-electron chi connectivity index (χ4n) is 3.21. The van der Waals surface area contributed by atoms with Crippen molar-refractivity contribution in [2.45, 2.75) is 25.1 Å². The quantitative estimate of drug-likeness (QED) is 0.900. The third-order valence-electron chi connectivity index (χ3n) is 4.40. The van der Waals surface area contributed by atoms with Crippen LogP contribution in [0, 0.1) is 5.92 Å². The van der Waals surface area contributed by atoms with Gasteiger partial charge in [-0.1, -0.05) is 0 Å². The van der Waals surface area contributed by atoms with Crippen molar-refractivity contribution in [3.05, 3.63) is 17.7 Å². The molecule has 1 aromatic rings. The molecule has 3 fully saturated rings. The van der Waals surface area contributed by atoms with Gasteiger partial charge in [-0.25, -0.2) is 4.98 Å². The minimum atomic E-state index is -4.36. The van der Waals surface area contributed by atoms with Gasteiger partial charge in [-0.3, -0.25) is 0 Å². The summed E-state index contributed by atoms with van der Waals surface area (Å²) in [6.07, 6.45) is -2.15.